The van der Waals surface area contributed by atoms with Crippen molar-refractivity contribution in [3.8, 4) is 5.75 Å². The predicted molar refractivity (Wildman–Crippen MR) is 89.9 cm³/mol. The van der Waals surface area contributed by atoms with Crippen LogP contribution in [0, 0.1) is 0 Å². The highest BCUT2D eigenvalue weighted by molar-refractivity contribution is 5.93. The number of amides is 1. The van der Waals surface area contributed by atoms with E-state index in [9.17, 15) is 14.4 Å². The smallest absolute Gasteiger partial charge is 0.338 e. The van der Waals surface area contributed by atoms with Crippen LogP contribution in [0.4, 0.5) is 5.69 Å². The Labute approximate surface area is 144 Å². The third-order valence-electron chi connectivity index (χ3n) is 3.13. The first-order chi connectivity index (χ1) is 12.0. The number of hydrogen-bond donors (Lipinski definition) is 2. The Balaban J connectivity index is 1.90. The summed E-state index contributed by atoms with van der Waals surface area (Å²) in [6.07, 6.45) is 0. The molecule has 0 heterocycles. The first kappa shape index (κ1) is 18.0. The number of hydrogen-bond acceptors (Lipinski definition) is 5. The number of rotatable bonds is 7. The van der Waals surface area contributed by atoms with E-state index in [1.54, 1.807) is 25.1 Å². The van der Waals surface area contributed by atoms with Gasteiger partial charge in [0.25, 0.3) is 5.91 Å². The minimum atomic E-state index is -1.04. The maximum absolute atomic E-state index is 11.9. The summed E-state index contributed by atoms with van der Waals surface area (Å²) in [5.74, 6) is -1.55. The Hall–Kier alpha value is -3.35. The number of anilines is 1. The van der Waals surface area contributed by atoms with Crippen LogP contribution in [0.5, 0.6) is 5.75 Å². The van der Waals surface area contributed by atoms with Gasteiger partial charge in [0.15, 0.2) is 6.61 Å². The van der Waals surface area contributed by atoms with Gasteiger partial charge in [0, 0.05) is 5.69 Å². The Morgan fingerprint density at radius 2 is 1.76 bits per heavy atom. The number of esters is 1. The second kappa shape index (κ2) is 8.49. The molecular weight excluding hydrogens is 326 g/mol. The molecule has 0 saturated heterocycles. The molecule has 0 fully saturated rings. The van der Waals surface area contributed by atoms with Crippen molar-refractivity contribution in [3.63, 3.8) is 0 Å². The van der Waals surface area contributed by atoms with Crippen molar-refractivity contribution in [2.75, 3.05) is 18.5 Å². The number of carboxylic acid groups (broad SMARTS) is 1. The van der Waals surface area contributed by atoms with Crippen molar-refractivity contribution in [2.45, 2.75) is 6.92 Å². The maximum Gasteiger partial charge on any atom is 0.338 e. The number of ether oxygens (including phenoxy) is 2. The van der Waals surface area contributed by atoms with E-state index in [-0.39, 0.29) is 18.8 Å². The van der Waals surface area contributed by atoms with Crippen LogP contribution in [0.1, 0.15) is 27.6 Å². The normalized spacial score (nSPS) is 9.96. The minimum absolute atomic E-state index is 0.130. The molecule has 0 spiro atoms. The molecule has 2 aromatic carbocycles. The van der Waals surface area contributed by atoms with Crippen LogP contribution in [0.3, 0.4) is 0 Å². The van der Waals surface area contributed by atoms with Gasteiger partial charge in [0.05, 0.1) is 17.7 Å². The summed E-state index contributed by atoms with van der Waals surface area (Å²) in [7, 11) is 0. The minimum Gasteiger partial charge on any atom is -0.484 e. The van der Waals surface area contributed by atoms with Gasteiger partial charge in [-0.25, -0.2) is 9.59 Å². The van der Waals surface area contributed by atoms with Gasteiger partial charge >= 0.3 is 11.9 Å². The molecule has 0 unspecified atom stereocenters. The fraction of sp³-hybridized carbons (Fsp3) is 0.167. The molecule has 0 aliphatic rings. The SMILES string of the molecule is CCOC(=O)c1cccc(OCC(=O)Nc2ccc(C(=O)O)cc2)c1. The Bertz CT molecular complexity index is 769. The van der Waals surface area contributed by atoms with Gasteiger partial charge < -0.3 is 19.9 Å². The molecule has 7 heteroatoms. The van der Waals surface area contributed by atoms with Crippen molar-refractivity contribution in [2.24, 2.45) is 0 Å². The lowest BCUT2D eigenvalue weighted by Crippen LogP contribution is -2.20. The van der Waals surface area contributed by atoms with E-state index in [4.69, 9.17) is 14.6 Å². The lowest BCUT2D eigenvalue weighted by atomic mass is 10.2. The molecule has 0 aliphatic carbocycles. The predicted octanol–water partition coefficient (Wildman–Crippen LogP) is 2.58. The average molecular weight is 343 g/mol. The molecule has 130 valence electrons. The quantitative estimate of drug-likeness (QED) is 0.749. The largest absolute Gasteiger partial charge is 0.484 e. The zero-order valence-electron chi connectivity index (χ0n) is 13.5. The summed E-state index contributed by atoms with van der Waals surface area (Å²) in [6, 6.07) is 12.1. The number of carbonyl (C=O) groups is 3. The molecular formula is C18H17NO6. The Morgan fingerprint density at radius 3 is 2.40 bits per heavy atom. The molecule has 2 rings (SSSR count). The summed E-state index contributed by atoms with van der Waals surface area (Å²) in [4.78, 5) is 34.3. The van der Waals surface area contributed by atoms with Crippen LogP contribution in [-0.4, -0.2) is 36.2 Å². The van der Waals surface area contributed by atoms with Crippen molar-refractivity contribution >= 4 is 23.5 Å². The highest BCUT2D eigenvalue weighted by Gasteiger charge is 2.09. The number of aromatic carboxylic acids is 1. The van der Waals surface area contributed by atoms with Gasteiger partial charge in [0.2, 0.25) is 0 Å². The molecule has 7 nitrogen and oxygen atoms in total. The first-order valence-corrected chi connectivity index (χ1v) is 7.52. The molecule has 25 heavy (non-hydrogen) atoms. The van der Waals surface area contributed by atoms with Crippen LogP contribution in [-0.2, 0) is 9.53 Å². The third-order valence-corrected chi connectivity index (χ3v) is 3.13. The Kier molecular flexibility index (Phi) is 6.11. The van der Waals surface area contributed by atoms with Crippen molar-refractivity contribution < 1.29 is 29.0 Å². The van der Waals surface area contributed by atoms with E-state index in [1.807, 2.05) is 0 Å². The van der Waals surface area contributed by atoms with E-state index < -0.39 is 17.8 Å². The highest BCUT2D eigenvalue weighted by atomic mass is 16.5. The first-order valence-electron chi connectivity index (χ1n) is 7.52. The lowest BCUT2D eigenvalue weighted by Gasteiger charge is -2.09. The molecule has 0 saturated carbocycles. The van der Waals surface area contributed by atoms with E-state index in [1.165, 1.54) is 30.3 Å². The molecule has 2 aromatic rings. The van der Waals surface area contributed by atoms with Gasteiger partial charge in [0.1, 0.15) is 5.75 Å². The van der Waals surface area contributed by atoms with Gasteiger partial charge in [-0.3, -0.25) is 4.79 Å². The van der Waals surface area contributed by atoms with Gasteiger partial charge in [-0.15, -0.1) is 0 Å². The molecule has 0 aromatic heterocycles. The van der Waals surface area contributed by atoms with Gasteiger partial charge in [-0.05, 0) is 49.4 Å². The fourth-order valence-corrected chi connectivity index (χ4v) is 1.97. The summed E-state index contributed by atoms with van der Waals surface area (Å²) in [5, 5.41) is 11.4. The molecule has 0 bridgehead atoms. The van der Waals surface area contributed by atoms with Crippen LogP contribution in [0.25, 0.3) is 0 Å². The number of carbonyl (C=O) groups excluding carboxylic acids is 2. The lowest BCUT2D eigenvalue weighted by molar-refractivity contribution is -0.118. The molecule has 2 N–H and O–H groups in total. The van der Waals surface area contributed by atoms with Crippen molar-refractivity contribution in [1.82, 2.24) is 0 Å². The summed E-state index contributed by atoms with van der Waals surface area (Å²) < 4.78 is 10.3. The Morgan fingerprint density at radius 1 is 1.04 bits per heavy atom. The van der Waals surface area contributed by atoms with E-state index in [2.05, 4.69) is 5.32 Å². The zero-order valence-corrected chi connectivity index (χ0v) is 13.5. The monoisotopic (exact) mass is 343 g/mol. The van der Waals surface area contributed by atoms with E-state index >= 15 is 0 Å². The summed E-state index contributed by atoms with van der Waals surface area (Å²) in [5.41, 5.74) is 0.924. The standard InChI is InChI=1S/C18H17NO6/c1-2-24-18(23)13-4-3-5-15(10-13)25-11-16(20)19-14-8-6-12(7-9-14)17(21)22/h3-10H,2,11H2,1H3,(H,19,20)(H,21,22). The van der Waals surface area contributed by atoms with E-state index in [0.29, 0.717) is 17.0 Å². The zero-order chi connectivity index (χ0) is 18.2. The molecule has 0 atom stereocenters. The van der Waals surface area contributed by atoms with Crippen LogP contribution in [0.15, 0.2) is 48.5 Å². The second-order valence-electron chi connectivity index (χ2n) is 4.97. The average Bonchev–Trinajstić information content (AvgIpc) is 2.61. The van der Waals surface area contributed by atoms with E-state index in [0.717, 1.165) is 0 Å². The third kappa shape index (κ3) is 5.35. The summed E-state index contributed by atoms with van der Waals surface area (Å²) in [6.45, 7) is 1.73. The highest BCUT2D eigenvalue weighted by Crippen LogP contribution is 2.15. The fourth-order valence-electron chi connectivity index (χ4n) is 1.97. The number of carboxylic acids is 1. The van der Waals surface area contributed by atoms with Crippen LogP contribution < -0.4 is 10.1 Å². The topological polar surface area (TPSA) is 102 Å². The van der Waals surface area contributed by atoms with Crippen LogP contribution in [0.2, 0.25) is 0 Å². The van der Waals surface area contributed by atoms with Gasteiger partial charge in [-0.1, -0.05) is 6.07 Å². The van der Waals surface area contributed by atoms with Crippen LogP contribution >= 0.6 is 0 Å². The second-order valence-corrected chi connectivity index (χ2v) is 4.97. The van der Waals surface area contributed by atoms with Crippen molar-refractivity contribution in [3.05, 3.63) is 59.7 Å². The summed E-state index contributed by atoms with van der Waals surface area (Å²) >= 11 is 0. The molecule has 0 aliphatic heterocycles. The van der Waals surface area contributed by atoms with Gasteiger partial charge in [-0.2, -0.15) is 0 Å². The maximum atomic E-state index is 11.9. The number of benzene rings is 2. The number of nitrogens with one attached hydrogen (secondary N) is 1. The van der Waals surface area contributed by atoms with Crippen molar-refractivity contribution in [1.29, 1.82) is 0 Å². The molecule has 0 radical (unpaired) electrons. The molecule has 1 amide bonds.